The van der Waals surface area contributed by atoms with E-state index in [1.54, 1.807) is 23.7 Å². The number of likely N-dealkylation sites (tertiary alicyclic amines) is 1. The molecular weight excluding hydrogens is 324 g/mol. The number of aromatic nitrogens is 1. The Morgan fingerprint density at radius 1 is 1.38 bits per heavy atom. The van der Waals surface area contributed by atoms with E-state index in [2.05, 4.69) is 4.98 Å². The summed E-state index contributed by atoms with van der Waals surface area (Å²) in [5.74, 6) is 0.0896. The Morgan fingerprint density at radius 3 is 3.04 bits per heavy atom. The second-order valence-corrected chi connectivity index (χ2v) is 7.00. The number of fused-ring (bicyclic) bond motifs is 1. The molecule has 2 saturated heterocycles. The van der Waals surface area contributed by atoms with Crippen LogP contribution >= 0.6 is 11.3 Å². The van der Waals surface area contributed by atoms with Crippen LogP contribution in [0.2, 0.25) is 0 Å². The summed E-state index contributed by atoms with van der Waals surface area (Å²) in [5, 5.41) is 3.85. The predicted octanol–water partition coefficient (Wildman–Crippen LogP) is 2.73. The zero-order chi connectivity index (χ0) is 16.4. The largest absolute Gasteiger partial charge is 0.373 e. The third-order valence-corrected chi connectivity index (χ3v) is 5.40. The molecule has 0 saturated carbocycles. The number of carbonyl (C=O) groups is 1. The van der Waals surface area contributed by atoms with Gasteiger partial charge in [-0.15, -0.1) is 0 Å². The SMILES string of the molecule is O=C(c1ccsc1)N1C[C@@H](OCc2ccncc2)[C@@H]2OCCC[C@@H]21. The number of hydrogen-bond acceptors (Lipinski definition) is 5. The minimum atomic E-state index is -0.0777. The third-order valence-electron chi connectivity index (χ3n) is 4.72. The van der Waals surface area contributed by atoms with E-state index in [0.717, 1.165) is 30.6 Å². The zero-order valence-electron chi connectivity index (χ0n) is 13.3. The summed E-state index contributed by atoms with van der Waals surface area (Å²) in [6, 6.07) is 5.90. The van der Waals surface area contributed by atoms with E-state index in [1.807, 2.05) is 33.9 Å². The highest BCUT2D eigenvalue weighted by Gasteiger charge is 2.46. The van der Waals surface area contributed by atoms with Crippen LogP contribution in [-0.2, 0) is 16.1 Å². The van der Waals surface area contributed by atoms with E-state index in [-0.39, 0.29) is 24.2 Å². The second kappa shape index (κ2) is 7.01. The van der Waals surface area contributed by atoms with Crippen molar-refractivity contribution in [2.45, 2.75) is 37.7 Å². The highest BCUT2D eigenvalue weighted by Crippen LogP contribution is 2.32. The molecule has 2 aliphatic heterocycles. The summed E-state index contributed by atoms with van der Waals surface area (Å²) < 4.78 is 12.1. The number of thiophene rings is 1. The zero-order valence-corrected chi connectivity index (χ0v) is 14.2. The van der Waals surface area contributed by atoms with Crippen molar-refractivity contribution in [2.24, 2.45) is 0 Å². The number of nitrogens with zero attached hydrogens (tertiary/aromatic N) is 2. The van der Waals surface area contributed by atoms with Gasteiger partial charge in [0.1, 0.15) is 12.2 Å². The van der Waals surface area contributed by atoms with Crippen molar-refractivity contribution in [2.75, 3.05) is 13.2 Å². The van der Waals surface area contributed by atoms with Crippen molar-refractivity contribution < 1.29 is 14.3 Å². The molecule has 24 heavy (non-hydrogen) atoms. The molecule has 4 heterocycles. The topological polar surface area (TPSA) is 51.7 Å². The Bertz CT molecular complexity index is 677. The first-order valence-corrected chi connectivity index (χ1v) is 9.22. The quantitative estimate of drug-likeness (QED) is 0.856. The number of hydrogen-bond donors (Lipinski definition) is 0. The van der Waals surface area contributed by atoms with Crippen LogP contribution in [0.25, 0.3) is 0 Å². The molecule has 2 aromatic rings. The van der Waals surface area contributed by atoms with Crippen molar-refractivity contribution in [3.8, 4) is 0 Å². The molecular formula is C18H20N2O3S. The van der Waals surface area contributed by atoms with Gasteiger partial charge < -0.3 is 14.4 Å². The van der Waals surface area contributed by atoms with E-state index in [0.29, 0.717) is 13.2 Å². The highest BCUT2D eigenvalue weighted by molar-refractivity contribution is 7.08. The summed E-state index contributed by atoms with van der Waals surface area (Å²) in [6.07, 6.45) is 5.40. The fraction of sp³-hybridized carbons (Fsp3) is 0.444. The first-order chi connectivity index (χ1) is 11.8. The van der Waals surface area contributed by atoms with E-state index in [9.17, 15) is 4.79 Å². The van der Waals surface area contributed by atoms with E-state index in [1.165, 1.54) is 0 Å². The van der Waals surface area contributed by atoms with Gasteiger partial charge in [0, 0.05) is 24.4 Å². The van der Waals surface area contributed by atoms with Gasteiger partial charge in [0.05, 0.1) is 24.8 Å². The van der Waals surface area contributed by atoms with Crippen LogP contribution in [0.4, 0.5) is 0 Å². The molecule has 0 unspecified atom stereocenters. The first kappa shape index (κ1) is 15.7. The molecule has 2 aromatic heterocycles. The normalized spacial score (nSPS) is 26.3. The van der Waals surface area contributed by atoms with Crippen LogP contribution in [0, 0.1) is 0 Å². The van der Waals surface area contributed by atoms with Crippen LogP contribution in [-0.4, -0.2) is 47.2 Å². The molecule has 0 bridgehead atoms. The standard InChI is InChI=1S/C18H20N2O3S/c21-18(14-5-9-24-12-14)20-10-16(17-15(20)2-1-8-22-17)23-11-13-3-6-19-7-4-13/h3-7,9,12,15-17H,1-2,8,10-11H2/t15-,16+,17+/m0/s1. The summed E-state index contributed by atoms with van der Waals surface area (Å²) in [4.78, 5) is 18.8. The summed E-state index contributed by atoms with van der Waals surface area (Å²) in [6.45, 7) is 1.85. The van der Waals surface area contributed by atoms with Gasteiger partial charge in [0.15, 0.2) is 0 Å². The molecule has 6 heteroatoms. The second-order valence-electron chi connectivity index (χ2n) is 6.22. The molecule has 0 N–H and O–H groups in total. The lowest BCUT2D eigenvalue weighted by Crippen LogP contribution is -2.43. The van der Waals surface area contributed by atoms with Crippen LogP contribution in [0.5, 0.6) is 0 Å². The maximum atomic E-state index is 12.8. The molecule has 5 nitrogen and oxygen atoms in total. The lowest BCUT2D eigenvalue weighted by molar-refractivity contribution is -0.0809. The summed E-state index contributed by atoms with van der Waals surface area (Å²) in [7, 11) is 0. The van der Waals surface area contributed by atoms with E-state index >= 15 is 0 Å². The average Bonchev–Trinajstić information content (AvgIpc) is 3.29. The molecule has 0 spiro atoms. The Labute approximate surface area is 145 Å². The van der Waals surface area contributed by atoms with Gasteiger partial charge in [0.2, 0.25) is 0 Å². The Kier molecular flexibility index (Phi) is 4.60. The van der Waals surface area contributed by atoms with Gasteiger partial charge in [-0.3, -0.25) is 9.78 Å². The lowest BCUT2D eigenvalue weighted by atomic mass is 10.0. The number of carbonyl (C=O) groups excluding carboxylic acids is 1. The molecule has 3 atom stereocenters. The lowest BCUT2D eigenvalue weighted by Gasteiger charge is -2.32. The molecule has 1 amide bonds. The maximum absolute atomic E-state index is 12.8. The summed E-state index contributed by atoms with van der Waals surface area (Å²) >= 11 is 1.55. The molecule has 2 aliphatic rings. The third kappa shape index (κ3) is 3.09. The highest BCUT2D eigenvalue weighted by atomic mass is 32.1. The van der Waals surface area contributed by atoms with Gasteiger partial charge in [-0.05, 0) is 42.0 Å². The number of rotatable bonds is 4. The minimum Gasteiger partial charge on any atom is -0.373 e. The molecule has 0 radical (unpaired) electrons. The maximum Gasteiger partial charge on any atom is 0.255 e. The van der Waals surface area contributed by atoms with Crippen molar-refractivity contribution >= 4 is 17.2 Å². The fourth-order valence-corrected chi connectivity index (χ4v) is 4.15. The molecule has 2 fully saturated rings. The van der Waals surface area contributed by atoms with Crippen molar-refractivity contribution in [1.82, 2.24) is 9.88 Å². The van der Waals surface area contributed by atoms with Crippen LogP contribution in [0.15, 0.2) is 41.4 Å². The fourth-order valence-electron chi connectivity index (χ4n) is 3.52. The molecule has 0 aliphatic carbocycles. The van der Waals surface area contributed by atoms with Crippen LogP contribution in [0.1, 0.15) is 28.8 Å². The Balaban J connectivity index is 1.48. The van der Waals surface area contributed by atoms with Gasteiger partial charge in [-0.1, -0.05) is 0 Å². The molecule has 4 rings (SSSR count). The van der Waals surface area contributed by atoms with Gasteiger partial charge in [-0.25, -0.2) is 0 Å². The molecule has 0 aromatic carbocycles. The minimum absolute atomic E-state index is 0.0248. The summed E-state index contributed by atoms with van der Waals surface area (Å²) in [5.41, 5.74) is 1.85. The van der Waals surface area contributed by atoms with Gasteiger partial charge in [0.25, 0.3) is 5.91 Å². The first-order valence-electron chi connectivity index (χ1n) is 8.28. The van der Waals surface area contributed by atoms with Crippen LogP contribution in [0.3, 0.4) is 0 Å². The number of pyridine rings is 1. The average molecular weight is 344 g/mol. The Morgan fingerprint density at radius 2 is 2.25 bits per heavy atom. The smallest absolute Gasteiger partial charge is 0.255 e. The van der Waals surface area contributed by atoms with Gasteiger partial charge >= 0.3 is 0 Å². The van der Waals surface area contributed by atoms with E-state index in [4.69, 9.17) is 9.47 Å². The number of amides is 1. The molecule has 126 valence electrons. The van der Waals surface area contributed by atoms with Crippen molar-refractivity contribution in [3.05, 3.63) is 52.5 Å². The Hall–Kier alpha value is -1.76. The monoisotopic (exact) mass is 344 g/mol. The van der Waals surface area contributed by atoms with E-state index < -0.39 is 0 Å². The van der Waals surface area contributed by atoms with Gasteiger partial charge in [-0.2, -0.15) is 11.3 Å². The number of ether oxygens (including phenoxy) is 2. The predicted molar refractivity (Wildman–Crippen MR) is 90.9 cm³/mol. The van der Waals surface area contributed by atoms with Crippen molar-refractivity contribution in [1.29, 1.82) is 0 Å². The van der Waals surface area contributed by atoms with Crippen molar-refractivity contribution in [3.63, 3.8) is 0 Å². The van der Waals surface area contributed by atoms with Crippen LogP contribution < -0.4 is 0 Å².